The van der Waals surface area contributed by atoms with Crippen LogP contribution in [0, 0.1) is 0 Å². The highest BCUT2D eigenvalue weighted by Gasteiger charge is 2.20. The number of imidazole rings is 1. The zero-order valence-corrected chi connectivity index (χ0v) is 11.5. The smallest absolute Gasteiger partial charge is 0.326 e. The predicted octanol–water partition coefficient (Wildman–Crippen LogP) is -0.640. The van der Waals surface area contributed by atoms with Gasteiger partial charge in [0.25, 0.3) is 0 Å². The van der Waals surface area contributed by atoms with Crippen LogP contribution in [0.3, 0.4) is 0 Å². The van der Waals surface area contributed by atoms with Crippen LogP contribution in [0.1, 0.15) is 25.1 Å². The number of carboxylic acid groups (broad SMARTS) is 1. The quantitative estimate of drug-likeness (QED) is 0.384. The fraction of sp³-hybridized carbons (Fsp3) is 0.500. The van der Waals surface area contributed by atoms with E-state index in [0.29, 0.717) is 19.4 Å². The molecule has 1 aromatic heterocycles. The number of nitrogens with one attached hydrogen (secondary N) is 3. The van der Waals surface area contributed by atoms with E-state index in [4.69, 9.17) is 10.8 Å². The second-order valence-electron chi connectivity index (χ2n) is 4.44. The average molecular weight is 297 g/mol. The molecular weight excluding hydrogens is 278 g/mol. The van der Waals surface area contributed by atoms with Crippen LogP contribution >= 0.6 is 0 Å². The zero-order chi connectivity index (χ0) is 15.7. The molecule has 1 atom stereocenters. The number of aliphatic carboxylic acids is 1. The van der Waals surface area contributed by atoms with Gasteiger partial charge in [-0.15, -0.1) is 0 Å². The Balaban J connectivity index is 2.23. The topological polar surface area (TPSA) is 150 Å². The fourth-order valence-corrected chi connectivity index (χ4v) is 1.65. The van der Waals surface area contributed by atoms with Gasteiger partial charge in [0, 0.05) is 31.8 Å². The van der Waals surface area contributed by atoms with Gasteiger partial charge in [-0.2, -0.15) is 0 Å². The molecule has 116 valence electrons. The molecule has 9 nitrogen and oxygen atoms in total. The number of carbonyl (C=O) groups excluding carboxylic acids is 2. The third-order valence-electron chi connectivity index (χ3n) is 2.71. The summed E-state index contributed by atoms with van der Waals surface area (Å²) < 4.78 is 0. The van der Waals surface area contributed by atoms with E-state index in [1.807, 2.05) is 0 Å². The molecule has 0 fully saturated rings. The average Bonchev–Trinajstić information content (AvgIpc) is 2.92. The Morgan fingerprint density at radius 2 is 2.19 bits per heavy atom. The number of carbonyl (C=O) groups is 3. The number of nitrogens with zero attached hydrogens (tertiary/aromatic N) is 1. The molecule has 0 bridgehead atoms. The molecule has 6 N–H and O–H groups in total. The van der Waals surface area contributed by atoms with Crippen molar-refractivity contribution in [2.45, 2.75) is 31.7 Å². The summed E-state index contributed by atoms with van der Waals surface area (Å²) in [4.78, 5) is 40.1. The van der Waals surface area contributed by atoms with Crippen molar-refractivity contribution < 1.29 is 19.5 Å². The molecule has 1 rings (SSSR count). The molecule has 0 radical (unpaired) electrons. The number of amides is 3. The Morgan fingerprint density at radius 1 is 1.43 bits per heavy atom. The first kappa shape index (κ1) is 16.5. The molecule has 9 heteroatoms. The van der Waals surface area contributed by atoms with Crippen LogP contribution in [0.25, 0.3) is 0 Å². The van der Waals surface area contributed by atoms with Gasteiger partial charge in [-0.3, -0.25) is 4.79 Å². The van der Waals surface area contributed by atoms with Crippen molar-refractivity contribution in [2.24, 2.45) is 5.73 Å². The van der Waals surface area contributed by atoms with E-state index in [1.54, 1.807) is 12.4 Å². The summed E-state index contributed by atoms with van der Waals surface area (Å²) in [6.07, 6.45) is 4.56. The van der Waals surface area contributed by atoms with Gasteiger partial charge in [-0.05, 0) is 12.8 Å². The van der Waals surface area contributed by atoms with Crippen LogP contribution in [-0.4, -0.2) is 45.6 Å². The summed E-state index contributed by atoms with van der Waals surface area (Å²) in [6.45, 7) is 0.384. The summed E-state index contributed by atoms with van der Waals surface area (Å²) in [5.74, 6) is -0.994. The lowest BCUT2D eigenvalue weighted by Gasteiger charge is -2.14. The molecule has 1 heterocycles. The zero-order valence-electron chi connectivity index (χ0n) is 11.5. The predicted molar refractivity (Wildman–Crippen MR) is 73.3 cm³/mol. The lowest BCUT2D eigenvalue weighted by atomic mass is 10.1. The van der Waals surface area contributed by atoms with E-state index in [9.17, 15) is 14.4 Å². The molecule has 0 unspecified atom stereocenters. The van der Waals surface area contributed by atoms with Crippen LogP contribution in [0.15, 0.2) is 12.4 Å². The van der Waals surface area contributed by atoms with Gasteiger partial charge in [0.2, 0.25) is 5.91 Å². The SMILES string of the molecule is NC(=O)CC[C@H](NC(=O)NCCCc1ncc[nH]1)C(=O)O. The second-order valence-corrected chi connectivity index (χ2v) is 4.44. The van der Waals surface area contributed by atoms with Crippen molar-refractivity contribution in [3.05, 3.63) is 18.2 Å². The third-order valence-corrected chi connectivity index (χ3v) is 2.71. The number of H-pyrrole nitrogens is 1. The van der Waals surface area contributed by atoms with E-state index in [1.165, 1.54) is 0 Å². The maximum absolute atomic E-state index is 11.5. The molecular formula is C12H19N5O4. The monoisotopic (exact) mass is 297 g/mol. The van der Waals surface area contributed by atoms with Crippen LogP contribution < -0.4 is 16.4 Å². The van der Waals surface area contributed by atoms with E-state index < -0.39 is 23.9 Å². The Labute approximate surface area is 121 Å². The Kier molecular flexibility index (Phi) is 6.72. The maximum atomic E-state index is 11.5. The third kappa shape index (κ3) is 6.95. The number of carboxylic acids is 1. The van der Waals surface area contributed by atoms with Crippen molar-refractivity contribution in [3.63, 3.8) is 0 Å². The maximum Gasteiger partial charge on any atom is 0.326 e. The molecule has 0 aliphatic carbocycles. The minimum absolute atomic E-state index is 0.0372. The Bertz CT molecular complexity index is 474. The number of nitrogens with two attached hydrogens (primary N) is 1. The number of rotatable bonds is 9. The van der Waals surface area contributed by atoms with Crippen molar-refractivity contribution in [3.8, 4) is 0 Å². The number of primary amides is 1. The number of aromatic nitrogens is 2. The number of aryl methyl sites for hydroxylation is 1. The summed E-state index contributed by atoms with van der Waals surface area (Å²) in [5.41, 5.74) is 4.95. The summed E-state index contributed by atoms with van der Waals surface area (Å²) in [6, 6.07) is -1.73. The van der Waals surface area contributed by atoms with Crippen LogP contribution in [0.2, 0.25) is 0 Å². The van der Waals surface area contributed by atoms with Gasteiger partial charge < -0.3 is 26.5 Å². The first-order valence-electron chi connectivity index (χ1n) is 6.52. The molecule has 21 heavy (non-hydrogen) atoms. The van der Waals surface area contributed by atoms with Gasteiger partial charge in [0.1, 0.15) is 11.9 Å². The van der Waals surface area contributed by atoms with Crippen molar-refractivity contribution in [1.29, 1.82) is 0 Å². The number of hydrogen-bond donors (Lipinski definition) is 5. The molecule has 0 saturated carbocycles. The minimum Gasteiger partial charge on any atom is -0.480 e. The standard InChI is InChI=1S/C12H19N5O4/c13-9(18)4-3-8(11(19)20)17-12(21)16-5-1-2-10-14-6-7-15-10/h6-8H,1-5H2,(H2,13,18)(H,14,15)(H,19,20)(H2,16,17,21)/t8-/m0/s1. The first-order chi connectivity index (χ1) is 9.99. The van der Waals surface area contributed by atoms with Crippen LogP contribution in [0.4, 0.5) is 4.79 Å². The molecule has 0 aromatic carbocycles. The Morgan fingerprint density at radius 3 is 2.76 bits per heavy atom. The van der Waals surface area contributed by atoms with Crippen LogP contribution in [0.5, 0.6) is 0 Å². The molecule has 3 amide bonds. The van der Waals surface area contributed by atoms with Gasteiger partial charge >= 0.3 is 12.0 Å². The molecule has 0 saturated heterocycles. The van der Waals surface area contributed by atoms with Gasteiger partial charge in [0.15, 0.2) is 0 Å². The van der Waals surface area contributed by atoms with Crippen LogP contribution in [-0.2, 0) is 16.0 Å². The van der Waals surface area contributed by atoms with E-state index >= 15 is 0 Å². The van der Waals surface area contributed by atoms with Gasteiger partial charge in [-0.25, -0.2) is 14.6 Å². The fourth-order valence-electron chi connectivity index (χ4n) is 1.65. The summed E-state index contributed by atoms with van der Waals surface area (Å²) in [7, 11) is 0. The highest BCUT2D eigenvalue weighted by molar-refractivity contribution is 5.83. The van der Waals surface area contributed by atoms with Crippen molar-refractivity contribution >= 4 is 17.9 Å². The summed E-state index contributed by atoms with van der Waals surface area (Å²) in [5, 5.41) is 13.8. The highest BCUT2D eigenvalue weighted by Crippen LogP contribution is 1.97. The van der Waals surface area contributed by atoms with E-state index in [-0.39, 0.29) is 12.8 Å². The largest absolute Gasteiger partial charge is 0.480 e. The molecule has 0 aliphatic heterocycles. The van der Waals surface area contributed by atoms with Crippen molar-refractivity contribution in [1.82, 2.24) is 20.6 Å². The molecule has 1 aromatic rings. The number of hydrogen-bond acceptors (Lipinski definition) is 4. The minimum atomic E-state index is -1.21. The highest BCUT2D eigenvalue weighted by atomic mass is 16.4. The first-order valence-corrected chi connectivity index (χ1v) is 6.52. The second kappa shape index (κ2) is 8.56. The lowest BCUT2D eigenvalue weighted by Crippen LogP contribution is -2.46. The normalized spacial score (nSPS) is 11.6. The Hall–Kier alpha value is -2.58. The lowest BCUT2D eigenvalue weighted by molar-refractivity contribution is -0.139. The van der Waals surface area contributed by atoms with Gasteiger partial charge in [-0.1, -0.05) is 0 Å². The van der Waals surface area contributed by atoms with E-state index in [0.717, 1.165) is 5.82 Å². The van der Waals surface area contributed by atoms with Gasteiger partial charge in [0.05, 0.1) is 0 Å². The number of urea groups is 1. The summed E-state index contributed by atoms with van der Waals surface area (Å²) >= 11 is 0. The van der Waals surface area contributed by atoms with E-state index in [2.05, 4.69) is 20.6 Å². The number of aromatic amines is 1. The van der Waals surface area contributed by atoms with Crippen molar-refractivity contribution in [2.75, 3.05) is 6.54 Å². The molecule has 0 aliphatic rings. The molecule has 0 spiro atoms.